The smallest absolute Gasteiger partial charge is 0.188 e. The van der Waals surface area contributed by atoms with Crippen molar-refractivity contribution in [1.82, 2.24) is 10.2 Å². The molecular weight excluding hydrogens is 176 g/mol. The van der Waals surface area contributed by atoms with Crippen LogP contribution in [0.5, 0.6) is 0 Å². The van der Waals surface area contributed by atoms with Gasteiger partial charge in [0.05, 0.1) is 0 Å². The molecule has 0 aromatic rings. The van der Waals surface area contributed by atoms with Crippen molar-refractivity contribution in [3.8, 4) is 0 Å². The molecule has 0 amide bonds. The summed E-state index contributed by atoms with van der Waals surface area (Å²) in [6.07, 6.45) is 3.43. The van der Waals surface area contributed by atoms with Crippen LogP contribution in [0.2, 0.25) is 0 Å². The van der Waals surface area contributed by atoms with Crippen molar-refractivity contribution >= 4 is 5.96 Å². The second kappa shape index (κ2) is 6.65. The Labute approximate surface area is 87.4 Å². The maximum absolute atomic E-state index is 7.28. The second-order valence-electron chi connectivity index (χ2n) is 3.97. The molecule has 0 unspecified atom stereocenters. The summed E-state index contributed by atoms with van der Waals surface area (Å²) in [6.45, 7) is 4.28. The van der Waals surface area contributed by atoms with E-state index >= 15 is 0 Å². The first-order valence-electron chi connectivity index (χ1n) is 5.23. The van der Waals surface area contributed by atoms with Crippen LogP contribution in [0.15, 0.2) is 0 Å². The van der Waals surface area contributed by atoms with Crippen molar-refractivity contribution < 1.29 is 0 Å². The molecule has 0 aliphatic carbocycles. The molecule has 0 bridgehead atoms. The molecule has 0 aromatic heterocycles. The van der Waals surface area contributed by atoms with E-state index in [1.807, 2.05) is 19.0 Å². The van der Waals surface area contributed by atoms with Crippen LogP contribution in [0.25, 0.3) is 0 Å². The number of nitrogens with one attached hydrogen (secondary N) is 2. The van der Waals surface area contributed by atoms with Gasteiger partial charge in [0.15, 0.2) is 5.96 Å². The summed E-state index contributed by atoms with van der Waals surface area (Å²) in [7, 11) is 3.85. The van der Waals surface area contributed by atoms with E-state index in [9.17, 15) is 0 Å². The van der Waals surface area contributed by atoms with E-state index in [2.05, 4.69) is 19.2 Å². The minimum absolute atomic E-state index is 0.152. The monoisotopic (exact) mass is 200 g/mol. The largest absolute Gasteiger partial charge is 0.370 e. The Hall–Kier alpha value is -0.770. The van der Waals surface area contributed by atoms with Gasteiger partial charge in [-0.3, -0.25) is 5.41 Å². The maximum Gasteiger partial charge on any atom is 0.188 e. The van der Waals surface area contributed by atoms with Crippen LogP contribution in [-0.4, -0.2) is 37.0 Å². The fraction of sp³-hybridized carbons (Fsp3) is 0.900. The molecule has 4 N–H and O–H groups in total. The fourth-order valence-corrected chi connectivity index (χ4v) is 1.29. The van der Waals surface area contributed by atoms with Gasteiger partial charge in [-0.2, -0.15) is 0 Å². The zero-order valence-electron chi connectivity index (χ0n) is 9.80. The van der Waals surface area contributed by atoms with Gasteiger partial charge in [0.25, 0.3) is 0 Å². The lowest BCUT2D eigenvalue weighted by Crippen LogP contribution is -2.39. The van der Waals surface area contributed by atoms with E-state index in [4.69, 9.17) is 11.1 Å². The molecule has 2 atom stereocenters. The van der Waals surface area contributed by atoms with Crippen molar-refractivity contribution in [2.75, 3.05) is 14.1 Å². The van der Waals surface area contributed by atoms with Crippen molar-refractivity contribution in [2.45, 2.75) is 45.2 Å². The van der Waals surface area contributed by atoms with Gasteiger partial charge in [0.2, 0.25) is 0 Å². The van der Waals surface area contributed by atoms with E-state index < -0.39 is 0 Å². The number of rotatable bonds is 6. The van der Waals surface area contributed by atoms with Crippen LogP contribution in [-0.2, 0) is 0 Å². The highest BCUT2D eigenvalue weighted by molar-refractivity contribution is 5.74. The van der Waals surface area contributed by atoms with Gasteiger partial charge in [-0.1, -0.05) is 0 Å². The van der Waals surface area contributed by atoms with Crippen LogP contribution in [0.3, 0.4) is 0 Å². The van der Waals surface area contributed by atoms with E-state index in [1.54, 1.807) is 0 Å². The summed E-state index contributed by atoms with van der Waals surface area (Å²) in [6, 6.07) is 0.932. The molecule has 0 spiro atoms. The van der Waals surface area contributed by atoms with E-state index in [1.165, 1.54) is 12.8 Å². The van der Waals surface area contributed by atoms with Gasteiger partial charge >= 0.3 is 0 Å². The van der Waals surface area contributed by atoms with Crippen LogP contribution >= 0.6 is 0 Å². The average molecular weight is 200 g/mol. The lowest BCUT2D eigenvalue weighted by molar-refractivity contribution is 0.347. The lowest BCUT2D eigenvalue weighted by Gasteiger charge is -2.25. The first-order valence-corrected chi connectivity index (χ1v) is 5.23. The molecule has 84 valence electrons. The number of hydrogen-bond donors (Lipinski definition) is 3. The van der Waals surface area contributed by atoms with Crippen molar-refractivity contribution in [2.24, 2.45) is 5.73 Å². The number of nitrogens with zero attached hydrogens (tertiary/aromatic N) is 1. The zero-order valence-corrected chi connectivity index (χ0v) is 9.80. The van der Waals surface area contributed by atoms with Crippen LogP contribution in [0, 0.1) is 5.41 Å². The minimum Gasteiger partial charge on any atom is -0.370 e. The van der Waals surface area contributed by atoms with Crippen molar-refractivity contribution in [3.05, 3.63) is 0 Å². The molecule has 0 aliphatic heterocycles. The Morgan fingerprint density at radius 2 is 2.00 bits per heavy atom. The summed E-state index contributed by atoms with van der Waals surface area (Å²) >= 11 is 0. The van der Waals surface area contributed by atoms with Crippen molar-refractivity contribution in [1.29, 1.82) is 5.41 Å². The molecule has 0 radical (unpaired) electrons. The Balaban J connectivity index is 3.63. The predicted octanol–water partition coefficient (Wildman–Crippen LogP) is 0.978. The fourth-order valence-electron chi connectivity index (χ4n) is 1.29. The van der Waals surface area contributed by atoms with Crippen LogP contribution in [0.4, 0.5) is 0 Å². The molecule has 0 saturated carbocycles. The molecule has 4 heteroatoms. The maximum atomic E-state index is 7.28. The topological polar surface area (TPSA) is 65.1 Å². The van der Waals surface area contributed by atoms with Gasteiger partial charge in [-0.25, -0.2) is 0 Å². The van der Waals surface area contributed by atoms with Gasteiger partial charge < -0.3 is 16.0 Å². The summed E-state index contributed by atoms with van der Waals surface area (Å²) in [5.41, 5.74) is 5.39. The Morgan fingerprint density at radius 3 is 2.43 bits per heavy atom. The molecule has 0 aliphatic rings. The standard InChI is InChI=1S/C10H24N4/c1-8(13-3)6-5-7-9(2)14(4)10(11)12/h8-9,13H,5-7H2,1-4H3,(H3,11,12)/t8-,9-/m1/s1. The van der Waals surface area contributed by atoms with E-state index in [0.717, 1.165) is 6.42 Å². The third-order valence-electron chi connectivity index (χ3n) is 2.79. The van der Waals surface area contributed by atoms with Gasteiger partial charge in [-0.05, 0) is 40.2 Å². The lowest BCUT2D eigenvalue weighted by atomic mass is 10.1. The average Bonchev–Trinajstić information content (AvgIpc) is 2.15. The zero-order chi connectivity index (χ0) is 11.1. The van der Waals surface area contributed by atoms with Crippen LogP contribution < -0.4 is 11.1 Å². The summed E-state index contributed by atoms with van der Waals surface area (Å²) < 4.78 is 0. The number of guanidine groups is 1. The highest BCUT2D eigenvalue weighted by atomic mass is 15.2. The Bertz CT molecular complexity index is 170. The van der Waals surface area contributed by atoms with Gasteiger partial charge in [-0.15, -0.1) is 0 Å². The Morgan fingerprint density at radius 1 is 1.43 bits per heavy atom. The molecule has 0 heterocycles. The molecule has 0 fully saturated rings. The summed E-state index contributed by atoms with van der Waals surface area (Å²) in [4.78, 5) is 1.81. The van der Waals surface area contributed by atoms with Crippen LogP contribution in [0.1, 0.15) is 33.1 Å². The highest BCUT2D eigenvalue weighted by Crippen LogP contribution is 2.07. The Kier molecular flexibility index (Phi) is 6.28. The predicted molar refractivity (Wildman–Crippen MR) is 61.5 cm³/mol. The number of hydrogen-bond acceptors (Lipinski definition) is 2. The summed E-state index contributed by atoms with van der Waals surface area (Å²) in [5.74, 6) is 0.152. The minimum atomic E-state index is 0.152. The van der Waals surface area contributed by atoms with Gasteiger partial charge in [0.1, 0.15) is 0 Å². The molecule has 14 heavy (non-hydrogen) atoms. The summed E-state index contributed by atoms with van der Waals surface area (Å²) in [5, 5.41) is 10.5. The highest BCUT2D eigenvalue weighted by Gasteiger charge is 2.10. The van der Waals surface area contributed by atoms with Gasteiger partial charge in [0, 0.05) is 19.1 Å². The third kappa shape index (κ3) is 5.07. The quantitative estimate of drug-likeness (QED) is 0.442. The van der Waals surface area contributed by atoms with E-state index in [0.29, 0.717) is 12.1 Å². The number of nitrogens with two attached hydrogens (primary N) is 1. The van der Waals surface area contributed by atoms with E-state index in [-0.39, 0.29) is 5.96 Å². The van der Waals surface area contributed by atoms with Crippen molar-refractivity contribution in [3.63, 3.8) is 0 Å². The normalized spacial score (nSPS) is 14.9. The first-order chi connectivity index (χ1) is 6.49. The second-order valence-corrected chi connectivity index (χ2v) is 3.97. The molecule has 4 nitrogen and oxygen atoms in total. The first kappa shape index (κ1) is 13.2. The third-order valence-corrected chi connectivity index (χ3v) is 2.79. The molecule has 0 aromatic carbocycles. The SMILES string of the molecule is CN[C@H](C)CCC[C@@H](C)N(C)C(=N)N. The molecule has 0 rings (SSSR count). The molecular formula is C10H24N4. The molecule has 0 saturated heterocycles.